The molecule has 4 heteroatoms. The van der Waals surface area contributed by atoms with Crippen LogP contribution in [0.5, 0.6) is 11.5 Å². The van der Waals surface area contributed by atoms with Crippen LogP contribution < -0.4 is 9.47 Å². The number of hydrogen-bond donors (Lipinski definition) is 1. The fourth-order valence-electron chi connectivity index (χ4n) is 2.39. The normalized spacial score (nSPS) is 11.0. The van der Waals surface area contributed by atoms with Crippen molar-refractivity contribution < 1.29 is 19.0 Å². The summed E-state index contributed by atoms with van der Waals surface area (Å²) in [7, 11) is 3.30. The number of hydrogen-bond acceptors (Lipinski definition) is 4. The van der Waals surface area contributed by atoms with Crippen molar-refractivity contribution in [1.29, 1.82) is 0 Å². The monoisotopic (exact) mass is 290 g/mol. The molecule has 0 aliphatic heterocycles. The van der Waals surface area contributed by atoms with Gasteiger partial charge >= 0.3 is 0 Å². The summed E-state index contributed by atoms with van der Waals surface area (Å²) in [5.74, 6) is 2.67. The highest BCUT2D eigenvalue weighted by molar-refractivity contribution is 5.51. The molecule has 1 N–H and O–H groups in total. The van der Waals surface area contributed by atoms with Gasteiger partial charge in [-0.15, -0.1) is 0 Å². The first-order valence-electron chi connectivity index (χ1n) is 7.01. The van der Waals surface area contributed by atoms with E-state index in [0.29, 0.717) is 12.3 Å². The van der Waals surface area contributed by atoms with Gasteiger partial charge in [0.1, 0.15) is 5.76 Å². The molecule has 0 atom stereocenters. The molecule has 0 saturated carbocycles. The van der Waals surface area contributed by atoms with Crippen molar-refractivity contribution in [2.75, 3.05) is 14.2 Å². The van der Waals surface area contributed by atoms with Gasteiger partial charge in [0, 0.05) is 17.5 Å². The van der Waals surface area contributed by atoms with Gasteiger partial charge in [0.25, 0.3) is 0 Å². The third kappa shape index (κ3) is 3.39. The quantitative estimate of drug-likeness (QED) is 0.884. The maximum atomic E-state index is 9.09. The van der Waals surface area contributed by atoms with E-state index in [9.17, 15) is 0 Å². The zero-order chi connectivity index (χ0) is 15.4. The molecule has 0 amide bonds. The number of aliphatic hydroxyl groups excluding tert-OH is 1. The molecule has 0 fully saturated rings. The van der Waals surface area contributed by atoms with E-state index >= 15 is 0 Å². The van der Waals surface area contributed by atoms with Crippen molar-refractivity contribution >= 4 is 0 Å². The molecule has 2 aromatic rings. The fraction of sp³-hybridized carbons (Fsp3) is 0.412. The van der Waals surface area contributed by atoms with Crippen molar-refractivity contribution in [2.45, 2.75) is 32.8 Å². The van der Waals surface area contributed by atoms with Crippen LogP contribution in [0.3, 0.4) is 0 Å². The standard InChI is InChI=1S/C17H22O4/c1-11(2)15-7-12(8-16(19-3)17(15)20-4)5-14-6-13(9-18)10-21-14/h6-8,10-11,18H,5,9H2,1-4H3. The van der Waals surface area contributed by atoms with Crippen LogP contribution in [0, 0.1) is 0 Å². The van der Waals surface area contributed by atoms with E-state index in [4.69, 9.17) is 19.0 Å². The molecule has 1 aromatic carbocycles. The summed E-state index contributed by atoms with van der Waals surface area (Å²) >= 11 is 0. The minimum absolute atomic E-state index is 0.00726. The van der Waals surface area contributed by atoms with E-state index in [1.54, 1.807) is 20.5 Å². The highest BCUT2D eigenvalue weighted by atomic mass is 16.5. The topological polar surface area (TPSA) is 51.8 Å². The number of ether oxygens (including phenoxy) is 2. The Morgan fingerprint density at radius 1 is 1.10 bits per heavy atom. The summed E-state index contributed by atoms with van der Waals surface area (Å²) < 4.78 is 16.4. The lowest BCUT2D eigenvalue weighted by Crippen LogP contribution is -2.00. The predicted octanol–water partition coefficient (Wildman–Crippen LogP) is 3.50. The van der Waals surface area contributed by atoms with Gasteiger partial charge < -0.3 is 19.0 Å². The first-order valence-corrected chi connectivity index (χ1v) is 7.01. The number of aliphatic hydroxyl groups is 1. The van der Waals surface area contributed by atoms with Crippen molar-refractivity contribution in [3.8, 4) is 11.5 Å². The van der Waals surface area contributed by atoms with Gasteiger partial charge in [0.2, 0.25) is 0 Å². The Bertz CT molecular complexity index is 599. The van der Waals surface area contributed by atoms with Crippen LogP contribution in [0.1, 0.15) is 42.2 Å². The van der Waals surface area contributed by atoms with Gasteiger partial charge in [-0.25, -0.2) is 0 Å². The van der Waals surface area contributed by atoms with Crippen molar-refractivity contribution in [1.82, 2.24) is 0 Å². The van der Waals surface area contributed by atoms with Crippen LogP contribution in [0.4, 0.5) is 0 Å². The Morgan fingerprint density at radius 3 is 2.38 bits per heavy atom. The molecule has 0 spiro atoms. The molecule has 0 saturated heterocycles. The second-order valence-corrected chi connectivity index (χ2v) is 5.33. The lowest BCUT2D eigenvalue weighted by atomic mass is 9.97. The van der Waals surface area contributed by atoms with Gasteiger partial charge in [0.05, 0.1) is 27.1 Å². The molecule has 0 bridgehead atoms. The largest absolute Gasteiger partial charge is 0.493 e. The van der Waals surface area contributed by atoms with Crippen LogP contribution in [0.15, 0.2) is 28.9 Å². The van der Waals surface area contributed by atoms with Gasteiger partial charge in [-0.05, 0) is 23.6 Å². The fourth-order valence-corrected chi connectivity index (χ4v) is 2.39. The average molecular weight is 290 g/mol. The molecule has 21 heavy (non-hydrogen) atoms. The smallest absolute Gasteiger partial charge is 0.164 e. The van der Waals surface area contributed by atoms with E-state index in [1.165, 1.54) is 0 Å². The lowest BCUT2D eigenvalue weighted by Gasteiger charge is -2.17. The molecule has 1 heterocycles. The van der Waals surface area contributed by atoms with E-state index in [0.717, 1.165) is 33.9 Å². The number of furan rings is 1. The second kappa shape index (κ2) is 6.68. The zero-order valence-corrected chi connectivity index (χ0v) is 13.0. The van der Waals surface area contributed by atoms with Crippen LogP contribution in [-0.2, 0) is 13.0 Å². The van der Waals surface area contributed by atoms with Crippen LogP contribution >= 0.6 is 0 Å². The summed E-state index contributed by atoms with van der Waals surface area (Å²) in [6, 6.07) is 5.95. The first-order chi connectivity index (χ1) is 10.1. The summed E-state index contributed by atoms with van der Waals surface area (Å²) in [6.07, 6.45) is 2.24. The summed E-state index contributed by atoms with van der Waals surface area (Å²) in [4.78, 5) is 0. The summed E-state index contributed by atoms with van der Waals surface area (Å²) in [5.41, 5.74) is 2.99. The molecule has 0 unspecified atom stereocenters. The molecule has 2 rings (SSSR count). The second-order valence-electron chi connectivity index (χ2n) is 5.33. The molecule has 114 valence electrons. The molecule has 4 nitrogen and oxygen atoms in total. The van der Waals surface area contributed by atoms with Gasteiger partial charge in [-0.1, -0.05) is 19.9 Å². The first kappa shape index (κ1) is 15.4. The van der Waals surface area contributed by atoms with E-state index in [2.05, 4.69) is 19.9 Å². The van der Waals surface area contributed by atoms with Crippen molar-refractivity contribution in [2.24, 2.45) is 0 Å². The van der Waals surface area contributed by atoms with Gasteiger partial charge in [-0.3, -0.25) is 0 Å². The molecule has 1 aromatic heterocycles. The van der Waals surface area contributed by atoms with Gasteiger partial charge in [0.15, 0.2) is 11.5 Å². The molecular formula is C17H22O4. The van der Waals surface area contributed by atoms with Gasteiger partial charge in [-0.2, -0.15) is 0 Å². The minimum Gasteiger partial charge on any atom is -0.493 e. The summed E-state index contributed by atoms with van der Waals surface area (Å²) in [5, 5.41) is 9.09. The Morgan fingerprint density at radius 2 is 1.86 bits per heavy atom. The highest BCUT2D eigenvalue weighted by Gasteiger charge is 2.15. The van der Waals surface area contributed by atoms with Crippen LogP contribution in [-0.4, -0.2) is 19.3 Å². The maximum absolute atomic E-state index is 9.09. The zero-order valence-electron chi connectivity index (χ0n) is 13.0. The molecule has 0 radical (unpaired) electrons. The number of benzene rings is 1. The maximum Gasteiger partial charge on any atom is 0.164 e. The van der Waals surface area contributed by atoms with Crippen molar-refractivity contribution in [3.63, 3.8) is 0 Å². The summed E-state index contributed by atoms with van der Waals surface area (Å²) in [6.45, 7) is 4.24. The number of methoxy groups -OCH3 is 2. The van der Waals surface area contributed by atoms with Crippen LogP contribution in [0.25, 0.3) is 0 Å². The Labute approximate surface area is 125 Å². The van der Waals surface area contributed by atoms with Crippen LogP contribution in [0.2, 0.25) is 0 Å². The molecular weight excluding hydrogens is 268 g/mol. The SMILES string of the molecule is COc1cc(Cc2cc(CO)co2)cc(C(C)C)c1OC. The highest BCUT2D eigenvalue weighted by Crippen LogP contribution is 2.37. The van der Waals surface area contributed by atoms with E-state index in [1.807, 2.05) is 12.1 Å². The third-order valence-corrected chi connectivity index (χ3v) is 3.46. The van der Waals surface area contributed by atoms with E-state index < -0.39 is 0 Å². The Balaban J connectivity index is 2.37. The Kier molecular flexibility index (Phi) is 4.91. The predicted molar refractivity (Wildman–Crippen MR) is 81.1 cm³/mol. The molecule has 0 aliphatic rings. The average Bonchev–Trinajstić information content (AvgIpc) is 2.93. The van der Waals surface area contributed by atoms with E-state index in [-0.39, 0.29) is 6.61 Å². The van der Waals surface area contributed by atoms with Crippen molar-refractivity contribution in [3.05, 3.63) is 46.9 Å². The lowest BCUT2D eigenvalue weighted by molar-refractivity contribution is 0.280. The number of rotatable bonds is 6. The minimum atomic E-state index is -0.00726. The molecule has 0 aliphatic carbocycles. The third-order valence-electron chi connectivity index (χ3n) is 3.46. The Hall–Kier alpha value is -1.94.